The van der Waals surface area contributed by atoms with Gasteiger partial charge in [0.05, 0.1) is 5.52 Å². The molecule has 1 aromatic carbocycles. The highest BCUT2D eigenvalue weighted by Gasteiger charge is 2.38. The summed E-state index contributed by atoms with van der Waals surface area (Å²) in [6.45, 7) is 1.93. The maximum Gasteiger partial charge on any atom is 0.326 e. The fraction of sp³-hybridized carbons (Fsp3) is 0.308. The van der Waals surface area contributed by atoms with Crippen molar-refractivity contribution in [1.82, 2.24) is 14.9 Å². The predicted molar refractivity (Wildman–Crippen MR) is 84.4 cm³/mol. The van der Waals surface area contributed by atoms with Gasteiger partial charge < -0.3 is 10.4 Å². The predicted octanol–water partition coefficient (Wildman–Crippen LogP) is 0.477. The van der Waals surface area contributed by atoms with Crippen LogP contribution in [-0.2, 0) is 15.0 Å². The van der Waals surface area contributed by atoms with E-state index in [0.717, 1.165) is 12.5 Å². The first kappa shape index (κ1) is 16.2. The summed E-state index contributed by atoms with van der Waals surface area (Å²) in [4.78, 5) is 11.3. The van der Waals surface area contributed by atoms with E-state index in [-0.39, 0.29) is 10.9 Å². The van der Waals surface area contributed by atoms with Crippen LogP contribution in [0.15, 0.2) is 12.1 Å². The van der Waals surface area contributed by atoms with Gasteiger partial charge in [-0.05, 0) is 12.5 Å². The van der Waals surface area contributed by atoms with Crippen LogP contribution in [0.2, 0.25) is 0 Å². The average Bonchev–Trinajstić information content (AvgIpc) is 2.78. The molecule has 1 aromatic heterocycles. The largest absolute Gasteiger partial charge is 0.506 e. The summed E-state index contributed by atoms with van der Waals surface area (Å²) in [7, 11) is -4.25. The van der Waals surface area contributed by atoms with Gasteiger partial charge in [0.2, 0.25) is 0 Å². The first-order valence-electron chi connectivity index (χ1n) is 7.09. The van der Waals surface area contributed by atoms with Crippen LogP contribution in [0.1, 0.15) is 13.3 Å². The number of amides is 1. The van der Waals surface area contributed by atoms with Gasteiger partial charge in [-0.15, -0.1) is 10.2 Å². The molecule has 0 saturated carbocycles. The van der Waals surface area contributed by atoms with Gasteiger partial charge in [0.15, 0.2) is 5.82 Å². The molecule has 11 heteroatoms. The quantitative estimate of drug-likeness (QED) is 0.728. The molecule has 1 saturated heterocycles. The van der Waals surface area contributed by atoms with Gasteiger partial charge >= 0.3 is 10.2 Å². The van der Waals surface area contributed by atoms with Crippen molar-refractivity contribution in [2.45, 2.75) is 13.3 Å². The topological polar surface area (TPSA) is 125 Å². The third-order valence-corrected chi connectivity index (χ3v) is 4.79. The summed E-state index contributed by atoms with van der Waals surface area (Å²) < 4.78 is 40.9. The molecule has 24 heavy (non-hydrogen) atoms. The Morgan fingerprint density at radius 2 is 2.17 bits per heavy atom. The molecule has 0 atom stereocenters. The number of anilines is 2. The number of carbonyl (C=O) groups excluding carboxylic acids is 1. The normalized spacial score (nSPS) is 16.4. The van der Waals surface area contributed by atoms with Crippen LogP contribution in [0.3, 0.4) is 0 Å². The molecule has 128 valence electrons. The number of phenols is 1. The number of nitrogens with one attached hydrogen (secondary N) is 2. The molecule has 0 bridgehead atoms. The molecular weight excluding hydrogens is 341 g/mol. The lowest BCUT2D eigenvalue weighted by Gasteiger charge is -2.18. The van der Waals surface area contributed by atoms with E-state index in [9.17, 15) is 22.7 Å². The van der Waals surface area contributed by atoms with E-state index in [0.29, 0.717) is 16.7 Å². The number of carbonyl (C=O) groups is 1. The molecule has 1 fully saturated rings. The van der Waals surface area contributed by atoms with Gasteiger partial charge in [-0.1, -0.05) is 6.92 Å². The van der Waals surface area contributed by atoms with Crippen LogP contribution < -0.4 is 14.3 Å². The third-order valence-electron chi connectivity index (χ3n) is 3.41. The fourth-order valence-corrected chi connectivity index (χ4v) is 3.51. The number of fused-ring (bicyclic) bond motifs is 1. The van der Waals surface area contributed by atoms with Gasteiger partial charge in [0.25, 0.3) is 5.91 Å². The second-order valence-electron chi connectivity index (χ2n) is 5.18. The number of hydrogen-bond donors (Lipinski definition) is 3. The molecule has 0 radical (unpaired) electrons. The van der Waals surface area contributed by atoms with Crippen molar-refractivity contribution in [2.75, 3.05) is 22.7 Å². The van der Waals surface area contributed by atoms with Gasteiger partial charge in [0.1, 0.15) is 23.8 Å². The van der Waals surface area contributed by atoms with Crippen LogP contribution >= 0.6 is 0 Å². The molecule has 9 nitrogen and oxygen atoms in total. The number of benzene rings is 1. The molecule has 2 heterocycles. The number of halogens is 1. The molecule has 0 spiro atoms. The van der Waals surface area contributed by atoms with Crippen molar-refractivity contribution < 1.29 is 22.7 Å². The Hall–Kier alpha value is -2.69. The Morgan fingerprint density at radius 3 is 2.79 bits per heavy atom. The molecule has 1 amide bonds. The van der Waals surface area contributed by atoms with Crippen molar-refractivity contribution in [3.05, 3.63) is 17.9 Å². The Labute approximate surface area is 136 Å². The summed E-state index contributed by atoms with van der Waals surface area (Å²) in [5.74, 6) is -2.14. The number of hydrogen-bond acceptors (Lipinski definition) is 7. The molecule has 1 aliphatic rings. The first-order valence-corrected chi connectivity index (χ1v) is 8.53. The van der Waals surface area contributed by atoms with Crippen LogP contribution in [0, 0.1) is 5.82 Å². The number of rotatable bonds is 4. The molecular formula is C13H14FN5O4S. The van der Waals surface area contributed by atoms with Crippen molar-refractivity contribution >= 4 is 38.5 Å². The molecule has 0 unspecified atom stereocenters. The smallest absolute Gasteiger partial charge is 0.326 e. The van der Waals surface area contributed by atoms with E-state index in [1.54, 1.807) is 4.72 Å². The SMILES string of the molecule is CCCNc1cc2c(F)c(N3CC(=O)NS3(=O)=O)c(O)cc2nn1. The Kier molecular flexibility index (Phi) is 3.87. The fourth-order valence-electron chi connectivity index (χ4n) is 2.34. The lowest BCUT2D eigenvalue weighted by atomic mass is 10.1. The van der Waals surface area contributed by atoms with E-state index >= 15 is 0 Å². The highest BCUT2D eigenvalue weighted by molar-refractivity contribution is 7.92. The molecule has 3 rings (SSSR count). The van der Waals surface area contributed by atoms with E-state index in [1.807, 2.05) is 6.92 Å². The second-order valence-corrected chi connectivity index (χ2v) is 6.78. The van der Waals surface area contributed by atoms with Gasteiger partial charge in [0, 0.05) is 18.0 Å². The van der Waals surface area contributed by atoms with Crippen LogP contribution in [0.4, 0.5) is 15.9 Å². The lowest BCUT2D eigenvalue weighted by molar-refractivity contribution is -0.117. The van der Waals surface area contributed by atoms with E-state index in [2.05, 4.69) is 15.5 Å². The van der Waals surface area contributed by atoms with Crippen LogP contribution in [0.25, 0.3) is 10.9 Å². The maximum absolute atomic E-state index is 14.9. The van der Waals surface area contributed by atoms with Crippen molar-refractivity contribution in [1.29, 1.82) is 0 Å². The Bertz CT molecular complexity index is 934. The van der Waals surface area contributed by atoms with E-state index in [1.165, 1.54) is 6.07 Å². The zero-order valence-electron chi connectivity index (χ0n) is 12.6. The third kappa shape index (κ3) is 2.66. The maximum atomic E-state index is 14.9. The number of phenolic OH excluding ortho intramolecular Hbond substituents is 1. The van der Waals surface area contributed by atoms with Gasteiger partial charge in [-0.3, -0.25) is 4.79 Å². The Morgan fingerprint density at radius 1 is 1.42 bits per heavy atom. The number of nitrogens with zero attached hydrogens (tertiary/aromatic N) is 3. The molecule has 3 N–H and O–H groups in total. The highest BCUT2D eigenvalue weighted by Crippen LogP contribution is 2.37. The zero-order chi connectivity index (χ0) is 17.5. The molecule has 2 aromatic rings. The minimum Gasteiger partial charge on any atom is -0.506 e. The summed E-state index contributed by atoms with van der Waals surface area (Å²) in [5.41, 5.74) is -0.540. The van der Waals surface area contributed by atoms with E-state index in [4.69, 9.17) is 0 Å². The van der Waals surface area contributed by atoms with Gasteiger partial charge in [-0.25, -0.2) is 13.4 Å². The molecule has 1 aliphatic heterocycles. The molecule has 0 aliphatic carbocycles. The highest BCUT2D eigenvalue weighted by atomic mass is 32.2. The summed E-state index contributed by atoms with van der Waals surface area (Å²) in [6, 6.07) is 2.47. The number of aromatic hydroxyl groups is 1. The zero-order valence-corrected chi connectivity index (χ0v) is 13.4. The lowest BCUT2D eigenvalue weighted by Crippen LogP contribution is -2.30. The minimum absolute atomic E-state index is 0.0223. The standard InChI is InChI=1S/C13H14FN5O4S/c1-2-3-15-10-4-7-8(16-17-10)5-9(20)13(12(7)14)19-6-11(21)18-24(19,22)23/h4-5,20H,2-3,6H2,1H3,(H,15,17)(H,18,21). The summed E-state index contributed by atoms with van der Waals surface area (Å²) in [6.07, 6.45) is 0.822. The van der Waals surface area contributed by atoms with Crippen molar-refractivity contribution in [2.24, 2.45) is 0 Å². The first-order chi connectivity index (χ1) is 11.3. The number of aromatic nitrogens is 2. The van der Waals surface area contributed by atoms with Crippen LogP contribution in [0.5, 0.6) is 5.75 Å². The Balaban J connectivity index is 2.16. The van der Waals surface area contributed by atoms with E-state index < -0.39 is 39.9 Å². The minimum atomic E-state index is -4.25. The summed E-state index contributed by atoms with van der Waals surface area (Å²) >= 11 is 0. The second kappa shape index (κ2) is 5.74. The average molecular weight is 355 g/mol. The van der Waals surface area contributed by atoms with Crippen molar-refractivity contribution in [3.8, 4) is 5.75 Å². The summed E-state index contributed by atoms with van der Waals surface area (Å²) in [5, 5.41) is 20.6. The van der Waals surface area contributed by atoms with Gasteiger partial charge in [-0.2, -0.15) is 8.42 Å². The van der Waals surface area contributed by atoms with Crippen molar-refractivity contribution in [3.63, 3.8) is 0 Å². The van der Waals surface area contributed by atoms with Crippen LogP contribution in [-0.4, -0.2) is 42.7 Å². The monoisotopic (exact) mass is 355 g/mol.